The fourth-order valence-electron chi connectivity index (χ4n) is 3.68. The molecule has 10 heteroatoms. The van der Waals surface area contributed by atoms with Crippen LogP contribution < -0.4 is 21.3 Å². The van der Waals surface area contributed by atoms with Crippen molar-refractivity contribution in [1.29, 1.82) is 0 Å². The Morgan fingerprint density at radius 2 is 1.58 bits per heavy atom. The number of carbonyl (C=O) groups is 4. The lowest BCUT2D eigenvalue weighted by Gasteiger charge is -2.24. The van der Waals surface area contributed by atoms with Crippen LogP contribution in [0.1, 0.15) is 45.1 Å². The first kappa shape index (κ1) is 28.2. The first-order valence-electron chi connectivity index (χ1n) is 12.1. The molecule has 1 saturated heterocycles. The molecule has 5 N–H and O–H groups in total. The van der Waals surface area contributed by atoms with Crippen LogP contribution in [0.5, 0.6) is 0 Å². The normalized spacial score (nSPS) is 14.2. The van der Waals surface area contributed by atoms with E-state index in [1.165, 1.54) is 4.90 Å². The van der Waals surface area contributed by atoms with E-state index in [9.17, 15) is 19.2 Å². The van der Waals surface area contributed by atoms with Gasteiger partial charge in [0.1, 0.15) is 6.04 Å². The number of para-hydroxylation sites is 1. The number of rotatable bonds is 8. The second-order valence-corrected chi connectivity index (χ2v) is 8.04. The molecule has 1 fully saturated rings. The van der Waals surface area contributed by atoms with E-state index in [0.717, 1.165) is 11.3 Å². The second-order valence-electron chi connectivity index (χ2n) is 8.04. The number of aliphatic carboxylic acids is 1. The van der Waals surface area contributed by atoms with Crippen molar-refractivity contribution in [3.63, 3.8) is 0 Å². The summed E-state index contributed by atoms with van der Waals surface area (Å²) in [5, 5.41) is 19.7. The predicted octanol–water partition coefficient (Wildman–Crippen LogP) is 4.64. The number of carbonyl (C=O) groups excluding carboxylic acids is 3. The van der Waals surface area contributed by atoms with Gasteiger partial charge in [-0.05, 0) is 62.1 Å². The molecule has 10 nitrogen and oxygen atoms in total. The predicted molar refractivity (Wildman–Crippen MR) is 140 cm³/mol. The van der Waals surface area contributed by atoms with Gasteiger partial charge in [-0.15, -0.1) is 0 Å². The topological polar surface area (TPSA) is 140 Å². The van der Waals surface area contributed by atoms with E-state index < -0.39 is 12.0 Å². The Kier molecular flexibility index (Phi) is 11.2. The molecule has 3 rings (SSSR count). The number of hydrogen-bond donors (Lipinski definition) is 5. The third kappa shape index (κ3) is 8.61. The lowest BCUT2D eigenvalue weighted by molar-refractivity contribution is -0.137. The van der Waals surface area contributed by atoms with Crippen LogP contribution in [0.2, 0.25) is 0 Å². The zero-order valence-corrected chi connectivity index (χ0v) is 21.0. The van der Waals surface area contributed by atoms with Gasteiger partial charge in [0.2, 0.25) is 5.91 Å². The number of benzene rings is 2. The zero-order valence-electron chi connectivity index (χ0n) is 21.0. The molecule has 1 aliphatic heterocycles. The SMILES string of the molecule is CC.Cc1ccccc1NC(=O)Nc1ccc(NC(=O)[C@@H]2CCCN2C(=O)NCCCC(=O)O)cc1. The minimum atomic E-state index is -0.916. The third-order valence-electron chi connectivity index (χ3n) is 5.46. The van der Waals surface area contributed by atoms with Crippen LogP contribution in [0.25, 0.3) is 0 Å². The minimum Gasteiger partial charge on any atom is -0.481 e. The molecule has 1 atom stereocenters. The van der Waals surface area contributed by atoms with Crippen LogP contribution in [0.15, 0.2) is 48.5 Å². The standard InChI is InChI=1S/C24H29N5O5.C2H6/c1-16-6-2-3-7-19(16)28-23(33)27-18-12-10-17(11-13-18)26-22(32)20-8-5-15-29(20)24(34)25-14-4-9-21(30)31;1-2/h2-3,6-7,10-13,20H,4-5,8-9,14-15H2,1H3,(H,25,34)(H,26,32)(H,30,31)(H2,27,28,33);1-2H3/t20-;/m0./s1. The molecule has 2 aromatic rings. The smallest absolute Gasteiger partial charge is 0.323 e. The van der Waals surface area contributed by atoms with E-state index in [1.807, 2.05) is 45.0 Å². The average molecular weight is 498 g/mol. The minimum absolute atomic E-state index is 0.0252. The van der Waals surface area contributed by atoms with Gasteiger partial charge in [0.15, 0.2) is 0 Å². The fraction of sp³-hybridized carbons (Fsp3) is 0.385. The number of urea groups is 2. The number of carboxylic acid groups (broad SMARTS) is 1. The Bertz CT molecular complexity index is 1040. The van der Waals surface area contributed by atoms with E-state index in [1.54, 1.807) is 24.3 Å². The Labute approximate surface area is 211 Å². The Morgan fingerprint density at radius 1 is 0.944 bits per heavy atom. The average Bonchev–Trinajstić information content (AvgIpc) is 3.36. The van der Waals surface area contributed by atoms with Gasteiger partial charge in [-0.1, -0.05) is 32.0 Å². The molecule has 0 bridgehead atoms. The summed E-state index contributed by atoms with van der Waals surface area (Å²) in [6.07, 6.45) is 1.56. The van der Waals surface area contributed by atoms with E-state index in [0.29, 0.717) is 37.2 Å². The van der Waals surface area contributed by atoms with Gasteiger partial charge >= 0.3 is 18.0 Å². The first-order chi connectivity index (χ1) is 17.3. The van der Waals surface area contributed by atoms with Gasteiger partial charge in [0.05, 0.1) is 0 Å². The van der Waals surface area contributed by atoms with E-state index in [2.05, 4.69) is 21.3 Å². The van der Waals surface area contributed by atoms with Gasteiger partial charge in [0.25, 0.3) is 0 Å². The lowest BCUT2D eigenvalue weighted by Crippen LogP contribution is -2.47. The number of nitrogens with one attached hydrogen (secondary N) is 4. The number of hydrogen-bond acceptors (Lipinski definition) is 4. The van der Waals surface area contributed by atoms with E-state index in [4.69, 9.17) is 5.11 Å². The van der Waals surface area contributed by atoms with Crippen molar-refractivity contribution in [1.82, 2.24) is 10.2 Å². The summed E-state index contributed by atoms with van der Waals surface area (Å²) in [6.45, 7) is 6.60. The van der Waals surface area contributed by atoms with Gasteiger partial charge in [-0.25, -0.2) is 9.59 Å². The Morgan fingerprint density at radius 3 is 2.22 bits per heavy atom. The highest BCUT2D eigenvalue weighted by molar-refractivity contribution is 6.01. The first-order valence-corrected chi connectivity index (χ1v) is 12.1. The number of anilines is 3. The molecule has 1 aliphatic rings. The van der Waals surface area contributed by atoms with Crippen molar-refractivity contribution in [2.75, 3.05) is 29.0 Å². The van der Waals surface area contributed by atoms with Crippen LogP contribution in [0.4, 0.5) is 26.7 Å². The van der Waals surface area contributed by atoms with Crippen molar-refractivity contribution in [3.8, 4) is 0 Å². The number of amides is 5. The lowest BCUT2D eigenvalue weighted by atomic mass is 10.2. The molecule has 0 aliphatic carbocycles. The quantitative estimate of drug-likeness (QED) is 0.338. The highest BCUT2D eigenvalue weighted by Gasteiger charge is 2.34. The van der Waals surface area contributed by atoms with Crippen LogP contribution in [0, 0.1) is 6.92 Å². The van der Waals surface area contributed by atoms with Crippen molar-refractivity contribution < 1.29 is 24.3 Å². The maximum atomic E-state index is 12.8. The van der Waals surface area contributed by atoms with Crippen molar-refractivity contribution in [2.45, 2.75) is 52.5 Å². The van der Waals surface area contributed by atoms with E-state index >= 15 is 0 Å². The summed E-state index contributed by atoms with van der Waals surface area (Å²) in [5.74, 6) is -1.21. The molecule has 5 amide bonds. The van der Waals surface area contributed by atoms with Crippen LogP contribution >= 0.6 is 0 Å². The molecular weight excluding hydrogens is 462 g/mol. The number of likely N-dealkylation sites (tertiary alicyclic amines) is 1. The molecule has 0 spiro atoms. The summed E-state index contributed by atoms with van der Waals surface area (Å²) in [5.41, 5.74) is 2.78. The van der Waals surface area contributed by atoms with Gasteiger partial charge in [0, 0.05) is 36.6 Å². The van der Waals surface area contributed by atoms with E-state index in [-0.39, 0.29) is 30.9 Å². The highest BCUT2D eigenvalue weighted by Crippen LogP contribution is 2.21. The Hall–Kier alpha value is -4.08. The van der Waals surface area contributed by atoms with Crippen LogP contribution in [-0.2, 0) is 9.59 Å². The zero-order chi connectivity index (χ0) is 26.5. The molecule has 0 aromatic heterocycles. The number of nitrogens with zero attached hydrogens (tertiary/aromatic N) is 1. The van der Waals surface area contributed by atoms with Crippen LogP contribution in [-0.4, -0.2) is 53.1 Å². The molecule has 0 saturated carbocycles. The summed E-state index contributed by atoms with van der Waals surface area (Å²) >= 11 is 0. The van der Waals surface area contributed by atoms with Gasteiger partial charge in [-0.3, -0.25) is 9.59 Å². The second kappa shape index (κ2) is 14.3. The highest BCUT2D eigenvalue weighted by atomic mass is 16.4. The summed E-state index contributed by atoms with van der Waals surface area (Å²) in [6, 6.07) is 12.8. The molecule has 194 valence electrons. The largest absolute Gasteiger partial charge is 0.481 e. The summed E-state index contributed by atoms with van der Waals surface area (Å²) in [4.78, 5) is 49.4. The van der Waals surface area contributed by atoms with Crippen molar-refractivity contribution in [2.24, 2.45) is 0 Å². The summed E-state index contributed by atoms with van der Waals surface area (Å²) < 4.78 is 0. The van der Waals surface area contributed by atoms with Crippen LogP contribution in [0.3, 0.4) is 0 Å². The van der Waals surface area contributed by atoms with Crippen molar-refractivity contribution in [3.05, 3.63) is 54.1 Å². The van der Waals surface area contributed by atoms with Gasteiger partial charge in [-0.2, -0.15) is 0 Å². The molecule has 2 aromatic carbocycles. The molecule has 0 radical (unpaired) electrons. The molecule has 1 heterocycles. The molecule has 36 heavy (non-hydrogen) atoms. The Balaban J connectivity index is 0.00000222. The maximum absolute atomic E-state index is 12.8. The maximum Gasteiger partial charge on any atom is 0.323 e. The van der Waals surface area contributed by atoms with Gasteiger partial charge < -0.3 is 31.3 Å². The summed E-state index contributed by atoms with van der Waals surface area (Å²) in [7, 11) is 0. The molecule has 0 unspecified atom stereocenters. The number of carboxylic acids is 1. The monoisotopic (exact) mass is 497 g/mol. The van der Waals surface area contributed by atoms with Crippen molar-refractivity contribution >= 4 is 41.0 Å². The fourth-order valence-corrected chi connectivity index (χ4v) is 3.68. The third-order valence-corrected chi connectivity index (χ3v) is 5.46. The molecular formula is C26H35N5O5. The number of aryl methyl sites for hydroxylation is 1.